The molecule has 12 heteroatoms. The van der Waals surface area contributed by atoms with E-state index in [9.17, 15) is 13.2 Å². The molecule has 0 amide bonds. The minimum absolute atomic E-state index is 0. The number of benzene rings is 1. The zero-order valence-electron chi connectivity index (χ0n) is 18.3. The fourth-order valence-corrected chi connectivity index (χ4v) is 4.16. The summed E-state index contributed by atoms with van der Waals surface area (Å²) in [7, 11) is 0. The molecule has 3 N–H and O–H groups in total. The van der Waals surface area contributed by atoms with Crippen molar-refractivity contribution in [3.63, 3.8) is 0 Å². The summed E-state index contributed by atoms with van der Waals surface area (Å²) in [5, 5.41) is 8.36. The molecule has 0 atom stereocenters. The molecule has 1 saturated heterocycles. The Kier molecular flexibility index (Phi) is 9.36. The van der Waals surface area contributed by atoms with Gasteiger partial charge in [0.2, 0.25) is 0 Å². The fourth-order valence-electron chi connectivity index (χ4n) is 4.16. The van der Waals surface area contributed by atoms with Gasteiger partial charge in [-0.15, -0.1) is 37.2 Å². The predicted octanol–water partition coefficient (Wildman–Crippen LogP) is 5.95. The summed E-state index contributed by atoms with van der Waals surface area (Å²) in [6.45, 7) is 1.94. The molecule has 0 aliphatic carbocycles. The van der Waals surface area contributed by atoms with Crippen molar-refractivity contribution in [2.75, 3.05) is 18.8 Å². The maximum absolute atomic E-state index is 13.3. The average molecular weight is 548 g/mol. The van der Waals surface area contributed by atoms with Crippen LogP contribution in [0, 0.1) is 0 Å². The molecule has 0 bridgehead atoms. The highest BCUT2D eigenvalue weighted by molar-refractivity contribution is 5.90. The second kappa shape index (κ2) is 11.4. The lowest BCUT2D eigenvalue weighted by Gasteiger charge is -2.22. The smallest absolute Gasteiger partial charge is 0.383 e. The molecular weight excluding hydrogens is 524 g/mol. The summed E-state index contributed by atoms with van der Waals surface area (Å²) >= 11 is 0. The lowest BCUT2D eigenvalue weighted by atomic mass is 10.0. The molecule has 0 spiro atoms. The molecule has 5 rings (SSSR count). The number of nitrogens with two attached hydrogens (primary N) is 1. The number of nitrogens with one attached hydrogen (secondary N) is 1. The van der Waals surface area contributed by atoms with Crippen LogP contribution in [0.1, 0.15) is 24.4 Å². The van der Waals surface area contributed by atoms with Gasteiger partial charge >= 0.3 is 6.18 Å². The molecule has 4 aromatic rings. The van der Waals surface area contributed by atoms with Gasteiger partial charge in [-0.3, -0.25) is 9.67 Å². The summed E-state index contributed by atoms with van der Waals surface area (Å²) < 4.78 is 41.9. The molecule has 4 heterocycles. The number of piperidine rings is 1. The van der Waals surface area contributed by atoms with Gasteiger partial charge in [0.1, 0.15) is 5.82 Å². The Balaban J connectivity index is 0.00000144. The first-order valence-corrected chi connectivity index (χ1v) is 10.4. The first-order chi connectivity index (χ1) is 15.4. The van der Waals surface area contributed by atoms with Crippen LogP contribution in [0.2, 0.25) is 0 Å². The third-order valence-corrected chi connectivity index (χ3v) is 5.88. The Morgan fingerprint density at radius 3 is 2.40 bits per heavy atom. The summed E-state index contributed by atoms with van der Waals surface area (Å²) in [6, 6.07) is 7.90. The molecule has 0 unspecified atom stereocenters. The minimum Gasteiger partial charge on any atom is -0.383 e. The normalized spacial score (nSPS) is 14.0. The van der Waals surface area contributed by atoms with E-state index in [4.69, 9.17) is 5.73 Å². The van der Waals surface area contributed by atoms with Crippen LogP contribution in [-0.4, -0.2) is 32.8 Å². The summed E-state index contributed by atoms with van der Waals surface area (Å²) in [5.74, 6) is 0.262. The van der Waals surface area contributed by atoms with Gasteiger partial charge in [0, 0.05) is 40.7 Å². The van der Waals surface area contributed by atoms with Crippen molar-refractivity contribution in [1.29, 1.82) is 0 Å². The zero-order chi connectivity index (χ0) is 22.3. The van der Waals surface area contributed by atoms with Crippen molar-refractivity contribution in [3.8, 4) is 22.4 Å². The van der Waals surface area contributed by atoms with Crippen LogP contribution >= 0.6 is 37.2 Å². The molecule has 1 aromatic carbocycles. The Hall–Kier alpha value is -2.59. The molecule has 1 aliphatic rings. The van der Waals surface area contributed by atoms with Gasteiger partial charge in [-0.1, -0.05) is 12.1 Å². The average Bonchev–Trinajstić information content (AvgIpc) is 3.29. The number of pyridine rings is 2. The van der Waals surface area contributed by atoms with Crippen molar-refractivity contribution in [3.05, 3.63) is 60.7 Å². The van der Waals surface area contributed by atoms with E-state index in [1.54, 1.807) is 24.5 Å². The van der Waals surface area contributed by atoms with E-state index in [1.165, 1.54) is 12.3 Å². The van der Waals surface area contributed by atoms with Crippen molar-refractivity contribution < 1.29 is 13.2 Å². The molecule has 3 aromatic heterocycles. The van der Waals surface area contributed by atoms with Crippen molar-refractivity contribution in [1.82, 2.24) is 25.1 Å². The minimum atomic E-state index is -4.45. The second-order valence-electron chi connectivity index (χ2n) is 7.94. The highest BCUT2D eigenvalue weighted by Gasteiger charge is 2.32. The number of halogens is 6. The Morgan fingerprint density at radius 2 is 1.69 bits per heavy atom. The van der Waals surface area contributed by atoms with E-state index in [1.807, 2.05) is 16.9 Å². The van der Waals surface area contributed by atoms with Gasteiger partial charge in [-0.05, 0) is 49.5 Å². The number of hydrogen-bond donors (Lipinski definition) is 2. The number of hydrogen-bond acceptors (Lipinski definition) is 5. The third-order valence-electron chi connectivity index (χ3n) is 5.88. The highest BCUT2D eigenvalue weighted by atomic mass is 35.5. The summed E-state index contributed by atoms with van der Waals surface area (Å²) in [5.41, 5.74) is 8.15. The van der Waals surface area contributed by atoms with Crippen molar-refractivity contribution >= 4 is 53.8 Å². The molecular formula is C23H24Cl3F3N6. The van der Waals surface area contributed by atoms with E-state index in [2.05, 4.69) is 20.4 Å². The number of fused-ring (bicyclic) bond motifs is 1. The molecule has 0 radical (unpaired) electrons. The Bertz CT molecular complexity index is 1290. The number of alkyl halides is 3. The molecule has 35 heavy (non-hydrogen) atoms. The zero-order valence-corrected chi connectivity index (χ0v) is 20.8. The highest BCUT2D eigenvalue weighted by Crippen LogP contribution is 2.36. The van der Waals surface area contributed by atoms with Crippen molar-refractivity contribution in [2.24, 2.45) is 0 Å². The number of rotatable bonds is 3. The largest absolute Gasteiger partial charge is 0.417 e. The van der Waals surface area contributed by atoms with E-state index in [0.29, 0.717) is 22.7 Å². The first kappa shape index (κ1) is 28.6. The molecule has 6 nitrogen and oxygen atoms in total. The molecule has 188 valence electrons. The van der Waals surface area contributed by atoms with Crippen LogP contribution in [0.15, 0.2) is 55.1 Å². The third kappa shape index (κ3) is 5.81. The van der Waals surface area contributed by atoms with E-state index in [-0.39, 0.29) is 48.4 Å². The number of aromatic nitrogens is 4. The van der Waals surface area contributed by atoms with Gasteiger partial charge in [0.05, 0.1) is 23.5 Å². The predicted molar refractivity (Wildman–Crippen MR) is 138 cm³/mol. The topological polar surface area (TPSA) is 81.6 Å². The van der Waals surface area contributed by atoms with Crippen LogP contribution in [0.4, 0.5) is 19.0 Å². The summed E-state index contributed by atoms with van der Waals surface area (Å²) in [4.78, 5) is 8.58. The maximum atomic E-state index is 13.3. The Morgan fingerprint density at radius 1 is 0.943 bits per heavy atom. The van der Waals surface area contributed by atoms with Gasteiger partial charge in [0.15, 0.2) is 0 Å². The lowest BCUT2D eigenvalue weighted by Crippen LogP contribution is -2.29. The van der Waals surface area contributed by atoms with Gasteiger partial charge in [0.25, 0.3) is 0 Å². The van der Waals surface area contributed by atoms with E-state index >= 15 is 0 Å². The van der Waals surface area contributed by atoms with Gasteiger partial charge in [-0.2, -0.15) is 18.3 Å². The number of nitrogen functional groups attached to an aromatic ring is 1. The maximum Gasteiger partial charge on any atom is 0.417 e. The van der Waals surface area contributed by atoms with Crippen LogP contribution in [0.3, 0.4) is 0 Å². The monoisotopic (exact) mass is 546 g/mol. The van der Waals surface area contributed by atoms with Crippen molar-refractivity contribution in [2.45, 2.75) is 25.1 Å². The van der Waals surface area contributed by atoms with E-state index < -0.39 is 11.7 Å². The molecule has 1 fully saturated rings. The standard InChI is InChI=1S/C23H21F3N6.3ClH/c24-23(25,26)20-3-1-2-14-9-21(29-12-19(14)20)18-8-15(10-30-22(18)27)16-11-31-32(13-16)17-4-6-28-7-5-17;;;/h1-3,8-13,17,28H,4-7H2,(H2,27,30);3*1H. The lowest BCUT2D eigenvalue weighted by molar-refractivity contribution is -0.136. The van der Waals surface area contributed by atoms with E-state index in [0.717, 1.165) is 43.1 Å². The van der Waals surface area contributed by atoms with Crippen LogP contribution in [-0.2, 0) is 6.18 Å². The first-order valence-electron chi connectivity index (χ1n) is 10.4. The second-order valence-corrected chi connectivity index (χ2v) is 7.94. The van der Waals surface area contributed by atoms with Crippen LogP contribution < -0.4 is 11.1 Å². The van der Waals surface area contributed by atoms with Crippen LogP contribution in [0.25, 0.3) is 33.2 Å². The summed E-state index contributed by atoms with van der Waals surface area (Å²) in [6.07, 6.45) is 4.30. The number of nitrogens with zero attached hydrogens (tertiary/aromatic N) is 4. The van der Waals surface area contributed by atoms with Crippen LogP contribution in [0.5, 0.6) is 0 Å². The Labute approximate surface area is 218 Å². The van der Waals surface area contributed by atoms with Gasteiger partial charge < -0.3 is 11.1 Å². The number of anilines is 1. The fraction of sp³-hybridized carbons (Fsp3) is 0.261. The SMILES string of the molecule is Cl.Cl.Cl.Nc1ncc(-c2cnn(C3CCNCC3)c2)cc1-c1cc2cccc(C(F)(F)F)c2cn1. The molecule has 0 saturated carbocycles. The van der Waals surface area contributed by atoms with Gasteiger partial charge in [-0.25, -0.2) is 4.98 Å². The molecule has 1 aliphatic heterocycles. The quantitative estimate of drug-likeness (QED) is 0.331.